The summed E-state index contributed by atoms with van der Waals surface area (Å²) in [6, 6.07) is 61.5. The Bertz CT molecular complexity index is 3610. The lowest BCUT2D eigenvalue weighted by atomic mass is 9.76. The van der Waals surface area contributed by atoms with Gasteiger partial charge in [0.15, 0.2) is 11.6 Å². The fraction of sp³-hybridized carbons (Fsp3) is 0.0984. The second-order valence-corrected chi connectivity index (χ2v) is 17.8. The fourth-order valence-electron chi connectivity index (χ4n) is 10.8. The maximum atomic E-state index is 7.16. The van der Waals surface area contributed by atoms with Crippen molar-refractivity contribution in [1.82, 2.24) is 15.0 Å². The summed E-state index contributed by atoms with van der Waals surface area (Å²) in [5, 5.41) is 2.05. The minimum absolute atomic E-state index is 0.0254. The number of allylic oxidation sites excluding steroid dienone is 4. The third-order valence-corrected chi connectivity index (χ3v) is 14.0. The highest BCUT2D eigenvalue weighted by molar-refractivity contribution is 6.16. The molecule has 0 N–H and O–H groups in total. The first kappa shape index (κ1) is 37.6. The van der Waals surface area contributed by atoms with Gasteiger partial charge in [0, 0.05) is 33.4 Å². The lowest BCUT2D eigenvalue weighted by Crippen LogP contribution is -2.09. The van der Waals surface area contributed by atoms with Crippen LogP contribution in [0.2, 0.25) is 0 Å². The minimum Gasteiger partial charge on any atom is -0.455 e. The predicted molar refractivity (Wildman–Crippen MR) is 266 cm³/mol. The molecule has 0 aliphatic heterocycles. The molecule has 2 aromatic heterocycles. The normalized spacial score (nSPS) is 15.8. The van der Waals surface area contributed by atoms with Gasteiger partial charge in [0.2, 0.25) is 0 Å². The van der Waals surface area contributed by atoms with Crippen molar-refractivity contribution in [3.05, 3.63) is 222 Å². The van der Waals surface area contributed by atoms with Gasteiger partial charge in [0.25, 0.3) is 0 Å². The number of fused-ring (bicyclic) bond motifs is 9. The molecule has 1 unspecified atom stereocenters. The summed E-state index contributed by atoms with van der Waals surface area (Å²) >= 11 is 0. The molecule has 2 heterocycles. The van der Waals surface area contributed by atoms with E-state index in [1.165, 1.54) is 61.2 Å². The first-order valence-corrected chi connectivity index (χ1v) is 22.8. The summed E-state index contributed by atoms with van der Waals surface area (Å²) in [4.78, 5) is 15.9. The van der Waals surface area contributed by atoms with Gasteiger partial charge in [0.05, 0.1) is 0 Å². The molecule has 0 saturated heterocycles. The molecule has 3 aliphatic carbocycles. The minimum atomic E-state index is 0.0254. The Hall–Kier alpha value is -7.95. The van der Waals surface area contributed by atoms with E-state index in [1.54, 1.807) is 0 Å². The van der Waals surface area contributed by atoms with E-state index in [4.69, 9.17) is 19.4 Å². The van der Waals surface area contributed by atoms with Crippen molar-refractivity contribution in [2.45, 2.75) is 38.0 Å². The van der Waals surface area contributed by atoms with Crippen LogP contribution in [0.25, 0.3) is 100 Å². The third-order valence-electron chi connectivity index (χ3n) is 14.0. The SMILES string of the molecule is C[C@H]1Cc2c(cccc2-c2cc(-c3cccc4c3Cc3ccccc3-4)cc3c2oc2cccc(-c4nc(-c5cccc(-c6ccccc6)c5)nc(C5C=CC=CC5)n4)c23)-c2ccccc21. The van der Waals surface area contributed by atoms with Crippen LogP contribution in [0.5, 0.6) is 0 Å². The van der Waals surface area contributed by atoms with Crippen molar-refractivity contribution in [3.8, 4) is 78.4 Å². The standard InChI is InChI=1S/C61H43N3O/c1-37-32-52-49(47-25-11-10-23-44(37)47)28-14-29-50(52)54-35-43(46-26-13-27-48-45-24-9-8-20-41(45)34-53(46)48)36-55-57-51(30-15-31-56(57)65-58(54)55)61-63-59(39-18-6-3-7-19-39)62-60(64-61)42-22-12-21-40(33-42)38-16-4-2-5-17-38/h2-18,20-31,33,35-37,39H,19,32,34H2,1H3/t37-,39?/m0/s1. The molecule has 0 spiro atoms. The summed E-state index contributed by atoms with van der Waals surface area (Å²) in [7, 11) is 0. The largest absolute Gasteiger partial charge is 0.455 e. The topological polar surface area (TPSA) is 51.8 Å². The molecule has 0 bridgehead atoms. The summed E-state index contributed by atoms with van der Waals surface area (Å²) in [5.74, 6) is 2.45. The predicted octanol–water partition coefficient (Wildman–Crippen LogP) is 15.6. The zero-order valence-corrected chi connectivity index (χ0v) is 36.0. The Balaban J connectivity index is 1.06. The fourth-order valence-corrected chi connectivity index (χ4v) is 10.8. The molecule has 0 amide bonds. The van der Waals surface area contributed by atoms with E-state index in [1.807, 2.05) is 0 Å². The average Bonchev–Trinajstić information content (AvgIpc) is 3.95. The summed E-state index contributed by atoms with van der Waals surface area (Å²) < 4.78 is 7.16. The molecule has 2 atom stereocenters. The van der Waals surface area contributed by atoms with Crippen molar-refractivity contribution < 1.29 is 4.42 Å². The molecule has 4 heteroatoms. The molecule has 8 aromatic carbocycles. The van der Waals surface area contributed by atoms with Crippen LogP contribution in [0, 0.1) is 0 Å². The highest BCUT2D eigenvalue weighted by Crippen LogP contribution is 2.49. The first-order valence-electron chi connectivity index (χ1n) is 22.8. The highest BCUT2D eigenvalue weighted by Gasteiger charge is 2.28. The number of rotatable bonds is 6. The van der Waals surface area contributed by atoms with Gasteiger partial charge in [-0.2, -0.15) is 0 Å². The lowest BCUT2D eigenvalue weighted by Gasteiger charge is -2.27. The van der Waals surface area contributed by atoms with E-state index in [0.717, 1.165) is 74.8 Å². The van der Waals surface area contributed by atoms with E-state index >= 15 is 0 Å². The van der Waals surface area contributed by atoms with Gasteiger partial charge in [-0.25, -0.2) is 15.0 Å². The van der Waals surface area contributed by atoms with E-state index in [2.05, 4.69) is 201 Å². The van der Waals surface area contributed by atoms with Gasteiger partial charge < -0.3 is 4.42 Å². The Labute approximate surface area is 378 Å². The highest BCUT2D eigenvalue weighted by atomic mass is 16.3. The number of aromatic nitrogens is 3. The van der Waals surface area contributed by atoms with Crippen LogP contribution in [-0.2, 0) is 12.8 Å². The number of furan rings is 1. The number of nitrogens with zero attached hydrogens (tertiary/aromatic N) is 3. The summed E-state index contributed by atoms with van der Waals surface area (Å²) in [6.45, 7) is 2.36. The summed E-state index contributed by atoms with van der Waals surface area (Å²) in [5.41, 5.74) is 21.3. The van der Waals surface area contributed by atoms with Crippen LogP contribution in [0.1, 0.15) is 53.3 Å². The lowest BCUT2D eigenvalue weighted by molar-refractivity contribution is 0.670. The second-order valence-electron chi connectivity index (χ2n) is 17.8. The van der Waals surface area contributed by atoms with E-state index in [-0.39, 0.29) is 5.92 Å². The molecular formula is C61H43N3O. The van der Waals surface area contributed by atoms with E-state index in [0.29, 0.717) is 17.6 Å². The van der Waals surface area contributed by atoms with Crippen LogP contribution in [0.15, 0.2) is 199 Å². The number of hydrogen-bond donors (Lipinski definition) is 0. The molecule has 0 fully saturated rings. The van der Waals surface area contributed by atoms with Crippen molar-refractivity contribution in [3.63, 3.8) is 0 Å². The van der Waals surface area contributed by atoms with Gasteiger partial charge in [-0.05, 0) is 122 Å². The van der Waals surface area contributed by atoms with Crippen LogP contribution in [0.3, 0.4) is 0 Å². The Morgan fingerprint density at radius 1 is 0.492 bits per heavy atom. The van der Waals surface area contributed by atoms with Crippen LogP contribution in [-0.4, -0.2) is 15.0 Å². The maximum Gasteiger partial charge on any atom is 0.164 e. The van der Waals surface area contributed by atoms with Gasteiger partial charge in [-0.3, -0.25) is 0 Å². The smallest absolute Gasteiger partial charge is 0.164 e. The van der Waals surface area contributed by atoms with Crippen molar-refractivity contribution in [2.24, 2.45) is 0 Å². The number of hydrogen-bond acceptors (Lipinski definition) is 4. The molecule has 3 aliphatic rings. The van der Waals surface area contributed by atoms with Gasteiger partial charge in [0.1, 0.15) is 17.0 Å². The van der Waals surface area contributed by atoms with Gasteiger partial charge >= 0.3 is 0 Å². The Morgan fingerprint density at radius 2 is 1.17 bits per heavy atom. The van der Waals surface area contributed by atoms with Gasteiger partial charge in [-0.15, -0.1) is 0 Å². The quantitative estimate of drug-likeness (QED) is 0.167. The number of benzene rings is 8. The van der Waals surface area contributed by atoms with E-state index in [9.17, 15) is 0 Å². The summed E-state index contributed by atoms with van der Waals surface area (Å²) in [6.07, 6.45) is 11.3. The molecule has 308 valence electrons. The molecule has 65 heavy (non-hydrogen) atoms. The maximum absolute atomic E-state index is 7.16. The molecule has 13 rings (SSSR count). The van der Waals surface area contributed by atoms with Crippen molar-refractivity contribution in [2.75, 3.05) is 0 Å². The molecule has 0 radical (unpaired) electrons. The zero-order chi connectivity index (χ0) is 43.0. The second kappa shape index (κ2) is 15.1. The van der Waals surface area contributed by atoms with Crippen LogP contribution >= 0.6 is 0 Å². The molecule has 4 nitrogen and oxygen atoms in total. The molecule has 10 aromatic rings. The molecular weight excluding hydrogens is 791 g/mol. The van der Waals surface area contributed by atoms with Crippen molar-refractivity contribution >= 4 is 21.9 Å². The first-order chi connectivity index (χ1) is 32.1. The van der Waals surface area contributed by atoms with Crippen LogP contribution in [0.4, 0.5) is 0 Å². The zero-order valence-electron chi connectivity index (χ0n) is 36.0. The average molecular weight is 834 g/mol. The third kappa shape index (κ3) is 6.24. The monoisotopic (exact) mass is 833 g/mol. The Morgan fingerprint density at radius 3 is 2.03 bits per heavy atom. The van der Waals surface area contributed by atoms with E-state index < -0.39 is 0 Å². The Kier molecular flexibility index (Phi) is 8.73. The van der Waals surface area contributed by atoms with Crippen molar-refractivity contribution in [1.29, 1.82) is 0 Å². The van der Waals surface area contributed by atoms with Crippen LogP contribution < -0.4 is 0 Å². The van der Waals surface area contributed by atoms with Gasteiger partial charge in [-0.1, -0.05) is 177 Å². The molecule has 0 saturated carbocycles.